The van der Waals surface area contributed by atoms with Gasteiger partial charge in [0.25, 0.3) is 0 Å². The molecule has 0 rings (SSSR count). The first-order valence-corrected chi connectivity index (χ1v) is 6.81. The molecule has 2 heteroatoms. The van der Waals surface area contributed by atoms with Gasteiger partial charge in [0, 0.05) is 10.9 Å². The van der Waals surface area contributed by atoms with Gasteiger partial charge in [0.2, 0.25) is 0 Å². The molecule has 0 saturated heterocycles. The summed E-state index contributed by atoms with van der Waals surface area (Å²) in [4.78, 5) is 0.544. The highest BCUT2D eigenvalue weighted by atomic mass is 79.9. The Morgan fingerprint density at radius 3 is 2.07 bits per heavy atom. The predicted octanol–water partition coefficient (Wildman–Crippen LogP) is 3.84. The highest BCUT2D eigenvalue weighted by Gasteiger charge is 2.23. The van der Waals surface area contributed by atoms with E-state index < -0.39 is 0 Å². The first-order chi connectivity index (χ1) is 6.90. The summed E-state index contributed by atoms with van der Waals surface area (Å²) in [7, 11) is 0. The molecule has 0 radical (unpaired) electrons. The Morgan fingerprint density at radius 2 is 1.73 bits per heavy atom. The van der Waals surface area contributed by atoms with Gasteiger partial charge in [-0.05, 0) is 24.3 Å². The van der Waals surface area contributed by atoms with Crippen LogP contribution >= 0.6 is 15.9 Å². The Labute approximate surface area is 104 Å². The first-order valence-electron chi connectivity index (χ1n) is 5.90. The Bertz CT molecular complexity index is 177. The second kappa shape index (κ2) is 7.45. The minimum Gasteiger partial charge on any atom is -0.314 e. The van der Waals surface area contributed by atoms with Crippen molar-refractivity contribution in [2.24, 2.45) is 17.8 Å². The van der Waals surface area contributed by atoms with Crippen molar-refractivity contribution in [3.8, 4) is 0 Å². The minimum atomic E-state index is 0.544. The van der Waals surface area contributed by atoms with Crippen LogP contribution in [0.25, 0.3) is 0 Å². The van der Waals surface area contributed by atoms with Gasteiger partial charge in [0.05, 0.1) is 0 Å². The molecule has 0 spiro atoms. The summed E-state index contributed by atoms with van der Waals surface area (Å²) in [5.41, 5.74) is 0. The zero-order valence-electron chi connectivity index (χ0n) is 10.8. The lowest BCUT2D eigenvalue weighted by molar-refractivity contribution is 0.299. The van der Waals surface area contributed by atoms with Crippen molar-refractivity contribution in [3.63, 3.8) is 0 Å². The summed E-state index contributed by atoms with van der Waals surface area (Å²) in [6, 6.07) is 0.564. The van der Waals surface area contributed by atoms with E-state index in [1.54, 1.807) is 0 Å². The van der Waals surface area contributed by atoms with E-state index in [1.165, 1.54) is 0 Å². The number of halogens is 1. The third kappa shape index (κ3) is 5.72. The lowest BCUT2D eigenvalue weighted by atomic mass is 9.82. The molecule has 0 aliphatic rings. The van der Waals surface area contributed by atoms with E-state index in [1.807, 2.05) is 0 Å². The zero-order valence-corrected chi connectivity index (χ0v) is 12.3. The largest absolute Gasteiger partial charge is 0.314 e. The molecule has 15 heavy (non-hydrogen) atoms. The molecule has 0 saturated carbocycles. The minimum absolute atomic E-state index is 0.544. The molecule has 1 N–H and O–H groups in total. The van der Waals surface area contributed by atoms with Crippen molar-refractivity contribution in [2.45, 2.75) is 45.5 Å². The Hall–Kier alpha value is 0.180. The fourth-order valence-electron chi connectivity index (χ4n) is 1.83. The topological polar surface area (TPSA) is 12.0 Å². The molecule has 0 aliphatic heterocycles. The molecule has 0 heterocycles. The summed E-state index contributed by atoms with van der Waals surface area (Å²) in [5.74, 6) is 1.84. The van der Waals surface area contributed by atoms with Crippen LogP contribution in [0.4, 0.5) is 0 Å². The van der Waals surface area contributed by atoms with Crippen LogP contribution in [-0.4, -0.2) is 17.4 Å². The highest BCUT2D eigenvalue weighted by Crippen LogP contribution is 2.28. The third-order valence-electron chi connectivity index (χ3n) is 3.11. The van der Waals surface area contributed by atoms with Crippen LogP contribution < -0.4 is 5.32 Å². The van der Waals surface area contributed by atoms with E-state index in [0.717, 1.165) is 6.54 Å². The van der Waals surface area contributed by atoms with Gasteiger partial charge in [-0.1, -0.05) is 56.6 Å². The summed E-state index contributed by atoms with van der Waals surface area (Å²) >= 11 is 3.66. The van der Waals surface area contributed by atoms with Crippen molar-refractivity contribution >= 4 is 15.9 Å². The van der Waals surface area contributed by atoms with Gasteiger partial charge < -0.3 is 5.32 Å². The first kappa shape index (κ1) is 15.2. The average Bonchev–Trinajstić information content (AvgIpc) is 2.15. The van der Waals surface area contributed by atoms with E-state index >= 15 is 0 Å². The van der Waals surface area contributed by atoms with Crippen LogP contribution in [0, 0.1) is 17.8 Å². The second-order valence-electron chi connectivity index (χ2n) is 4.89. The number of alkyl halides is 1. The van der Waals surface area contributed by atoms with Gasteiger partial charge >= 0.3 is 0 Å². The van der Waals surface area contributed by atoms with Crippen LogP contribution in [0.5, 0.6) is 0 Å². The fraction of sp³-hybridized carbons (Fsp3) is 0.846. The number of rotatable bonds is 7. The van der Waals surface area contributed by atoms with E-state index in [2.05, 4.69) is 68.5 Å². The molecule has 0 aromatic heterocycles. The molecule has 4 atom stereocenters. The molecule has 0 bridgehead atoms. The van der Waals surface area contributed by atoms with Crippen molar-refractivity contribution in [1.29, 1.82) is 0 Å². The molecule has 0 fully saturated rings. The SMILES string of the molecule is C=C[C@@H](C(C)CNC(C)C)[C@@H](C)[C@H](C)Br. The number of nitrogens with one attached hydrogen (secondary N) is 1. The van der Waals surface area contributed by atoms with Gasteiger partial charge in [-0.15, -0.1) is 6.58 Å². The normalized spacial score (nSPS) is 19.7. The Kier molecular flexibility index (Phi) is 7.54. The monoisotopic (exact) mass is 275 g/mol. The second-order valence-corrected chi connectivity index (χ2v) is 6.33. The Balaban J connectivity index is 4.21. The highest BCUT2D eigenvalue weighted by molar-refractivity contribution is 9.09. The summed E-state index contributed by atoms with van der Waals surface area (Å²) in [6.07, 6.45) is 2.11. The van der Waals surface area contributed by atoms with Gasteiger partial charge in [0.15, 0.2) is 0 Å². The van der Waals surface area contributed by atoms with Crippen molar-refractivity contribution in [3.05, 3.63) is 12.7 Å². The quantitative estimate of drug-likeness (QED) is 0.550. The van der Waals surface area contributed by atoms with E-state index in [0.29, 0.717) is 28.6 Å². The maximum absolute atomic E-state index is 3.96. The molecule has 0 aromatic carbocycles. The summed E-state index contributed by atoms with van der Waals surface area (Å²) in [6.45, 7) is 16.2. The lowest BCUT2D eigenvalue weighted by Gasteiger charge is -2.29. The molecule has 1 nitrogen and oxygen atoms in total. The fourth-order valence-corrected chi connectivity index (χ4v) is 2.18. The molecule has 1 unspecified atom stereocenters. The predicted molar refractivity (Wildman–Crippen MR) is 73.5 cm³/mol. The standard InChI is InChI=1S/C13H26BrN/c1-7-13(11(5)12(6)14)10(4)8-15-9(2)3/h7,9-13,15H,1,8H2,2-6H3/t10?,11-,12-,13-/m0/s1. The van der Waals surface area contributed by atoms with Gasteiger partial charge in [-0.3, -0.25) is 0 Å². The molecule has 0 amide bonds. The average molecular weight is 276 g/mol. The molecular formula is C13H26BrN. The van der Waals surface area contributed by atoms with Crippen molar-refractivity contribution < 1.29 is 0 Å². The molecular weight excluding hydrogens is 250 g/mol. The maximum Gasteiger partial charge on any atom is 0.0148 e. The molecule has 90 valence electrons. The number of allylic oxidation sites excluding steroid dienone is 1. The van der Waals surface area contributed by atoms with Crippen molar-refractivity contribution in [1.82, 2.24) is 5.32 Å². The summed E-state index contributed by atoms with van der Waals surface area (Å²) < 4.78 is 0. The van der Waals surface area contributed by atoms with E-state index in [9.17, 15) is 0 Å². The Morgan fingerprint density at radius 1 is 1.20 bits per heavy atom. The lowest BCUT2D eigenvalue weighted by Crippen LogP contribution is -2.34. The van der Waals surface area contributed by atoms with Gasteiger partial charge in [-0.25, -0.2) is 0 Å². The van der Waals surface area contributed by atoms with Gasteiger partial charge in [0.1, 0.15) is 0 Å². The maximum atomic E-state index is 3.96. The van der Waals surface area contributed by atoms with Gasteiger partial charge in [-0.2, -0.15) is 0 Å². The number of hydrogen-bond acceptors (Lipinski definition) is 1. The van der Waals surface area contributed by atoms with Crippen LogP contribution in [0.1, 0.15) is 34.6 Å². The van der Waals surface area contributed by atoms with Crippen molar-refractivity contribution in [2.75, 3.05) is 6.54 Å². The molecule has 0 aromatic rings. The van der Waals surface area contributed by atoms with Crippen LogP contribution in [0.15, 0.2) is 12.7 Å². The van der Waals surface area contributed by atoms with E-state index in [4.69, 9.17) is 0 Å². The van der Waals surface area contributed by atoms with Crippen LogP contribution in [0.3, 0.4) is 0 Å². The molecule has 0 aliphatic carbocycles. The third-order valence-corrected chi connectivity index (χ3v) is 3.94. The van der Waals surface area contributed by atoms with Crippen LogP contribution in [-0.2, 0) is 0 Å². The summed E-state index contributed by atoms with van der Waals surface area (Å²) in [5, 5.41) is 3.49. The van der Waals surface area contributed by atoms with Crippen LogP contribution in [0.2, 0.25) is 0 Å². The smallest absolute Gasteiger partial charge is 0.0148 e. The number of hydrogen-bond donors (Lipinski definition) is 1. The van der Waals surface area contributed by atoms with E-state index in [-0.39, 0.29) is 0 Å². The zero-order chi connectivity index (χ0) is 12.0.